The van der Waals surface area contributed by atoms with Crippen molar-refractivity contribution in [3.8, 4) is 11.5 Å². The minimum atomic E-state index is -0.452. The van der Waals surface area contributed by atoms with Crippen LogP contribution in [0.2, 0.25) is 0 Å². The Morgan fingerprint density at radius 2 is 2.05 bits per heavy atom. The first-order valence-corrected chi connectivity index (χ1v) is 13.2. The third-order valence-corrected chi connectivity index (χ3v) is 8.50. The molecule has 3 atom stereocenters. The summed E-state index contributed by atoms with van der Waals surface area (Å²) in [5, 5.41) is 1.03. The van der Waals surface area contributed by atoms with E-state index < -0.39 is 5.82 Å². The number of methoxy groups -OCH3 is 1. The number of aromatic nitrogens is 4. The van der Waals surface area contributed by atoms with Gasteiger partial charge in [-0.3, -0.25) is 4.79 Å². The smallest absolute Gasteiger partial charge is 0.254 e. The molecule has 3 fully saturated rings. The Kier molecular flexibility index (Phi) is 5.33. The SMILES string of the molecule is COCCn1c(-c2cc3cccnc3n2CC2CC2)nc2cc(C(=O)N3C[C@H]4CCC3C4N)cc(F)c21. The van der Waals surface area contributed by atoms with Crippen molar-refractivity contribution in [3.05, 3.63) is 47.9 Å². The van der Waals surface area contributed by atoms with Gasteiger partial charge in [0.25, 0.3) is 5.91 Å². The van der Waals surface area contributed by atoms with E-state index in [4.69, 9.17) is 15.5 Å². The Morgan fingerprint density at radius 1 is 1.19 bits per heavy atom. The number of piperidine rings is 1. The fourth-order valence-corrected chi connectivity index (χ4v) is 6.40. The molecule has 3 aliphatic rings. The largest absolute Gasteiger partial charge is 0.383 e. The normalized spacial score (nSPS) is 23.1. The van der Waals surface area contributed by atoms with Crippen molar-refractivity contribution in [2.75, 3.05) is 20.3 Å². The van der Waals surface area contributed by atoms with E-state index in [1.807, 2.05) is 21.6 Å². The van der Waals surface area contributed by atoms with Crippen molar-refractivity contribution in [1.82, 2.24) is 24.0 Å². The Balaban J connectivity index is 1.36. The average molecular weight is 503 g/mol. The van der Waals surface area contributed by atoms with Gasteiger partial charge in [-0.2, -0.15) is 0 Å². The zero-order chi connectivity index (χ0) is 25.3. The molecule has 8 nitrogen and oxygen atoms in total. The molecule has 2 bridgehead atoms. The summed E-state index contributed by atoms with van der Waals surface area (Å²) in [6.45, 7) is 2.35. The molecule has 192 valence electrons. The molecule has 3 aromatic heterocycles. The molecule has 1 aliphatic heterocycles. The molecule has 0 radical (unpaired) electrons. The number of rotatable bonds is 7. The topological polar surface area (TPSA) is 91.2 Å². The molecule has 1 amide bonds. The predicted molar refractivity (Wildman–Crippen MR) is 139 cm³/mol. The van der Waals surface area contributed by atoms with Crippen LogP contribution in [0.25, 0.3) is 33.6 Å². The number of nitrogens with two attached hydrogens (primary N) is 1. The molecule has 4 heterocycles. The van der Waals surface area contributed by atoms with Crippen LogP contribution < -0.4 is 5.73 Å². The molecule has 2 aliphatic carbocycles. The third-order valence-electron chi connectivity index (χ3n) is 8.50. The van der Waals surface area contributed by atoms with E-state index in [1.165, 1.54) is 18.9 Å². The highest BCUT2D eigenvalue weighted by Crippen LogP contribution is 2.39. The Labute approximate surface area is 214 Å². The van der Waals surface area contributed by atoms with E-state index in [9.17, 15) is 4.79 Å². The lowest BCUT2D eigenvalue weighted by atomic mass is 10.1. The summed E-state index contributed by atoms with van der Waals surface area (Å²) >= 11 is 0. The standard InChI is InChI=1S/C28H31FN6O2/c1-37-10-9-33-25-20(29)11-19(28(36)35-15-18-6-7-22(35)24(18)30)12-21(25)32-27(33)23-13-17-3-2-8-31-26(17)34(23)14-16-4-5-16/h2-3,8,11-13,16,18,22,24H,4-7,9-10,14-15,30H2,1H3/t18-,22?,24?/m1/s1. The number of amides is 1. The highest BCUT2D eigenvalue weighted by molar-refractivity contribution is 5.98. The van der Waals surface area contributed by atoms with Crippen molar-refractivity contribution in [3.63, 3.8) is 0 Å². The molecular formula is C28H31FN6O2. The second-order valence-corrected chi connectivity index (χ2v) is 10.8. The second kappa shape index (κ2) is 8.63. The Hall–Kier alpha value is -3.30. The Bertz CT molecular complexity index is 1520. The van der Waals surface area contributed by atoms with Gasteiger partial charge in [0.1, 0.15) is 17.0 Å². The zero-order valence-electron chi connectivity index (χ0n) is 20.9. The van der Waals surface area contributed by atoms with Crippen molar-refractivity contribution in [1.29, 1.82) is 0 Å². The maximum absolute atomic E-state index is 15.8. The van der Waals surface area contributed by atoms with Gasteiger partial charge in [0.2, 0.25) is 0 Å². The van der Waals surface area contributed by atoms with Crippen LogP contribution in [0.1, 0.15) is 36.0 Å². The van der Waals surface area contributed by atoms with Gasteiger partial charge >= 0.3 is 0 Å². The van der Waals surface area contributed by atoms with Crippen LogP contribution in [0.4, 0.5) is 4.39 Å². The second-order valence-electron chi connectivity index (χ2n) is 10.8. The number of hydrogen-bond acceptors (Lipinski definition) is 5. The summed E-state index contributed by atoms with van der Waals surface area (Å²) < 4.78 is 25.2. The van der Waals surface area contributed by atoms with E-state index in [0.717, 1.165) is 36.1 Å². The van der Waals surface area contributed by atoms with Gasteiger partial charge in [-0.25, -0.2) is 14.4 Å². The Morgan fingerprint density at radius 3 is 2.78 bits per heavy atom. The highest BCUT2D eigenvalue weighted by Gasteiger charge is 2.47. The molecule has 1 saturated heterocycles. The van der Waals surface area contributed by atoms with Gasteiger partial charge in [-0.1, -0.05) is 0 Å². The lowest BCUT2D eigenvalue weighted by molar-refractivity contribution is 0.0700. The van der Waals surface area contributed by atoms with Gasteiger partial charge in [0, 0.05) is 56.0 Å². The number of hydrogen-bond donors (Lipinski definition) is 1. The third kappa shape index (κ3) is 3.67. The fourth-order valence-electron chi connectivity index (χ4n) is 6.40. The van der Waals surface area contributed by atoms with Gasteiger partial charge < -0.3 is 24.5 Å². The van der Waals surface area contributed by atoms with Crippen LogP contribution in [0.5, 0.6) is 0 Å². The van der Waals surface area contributed by atoms with Gasteiger partial charge in [0.15, 0.2) is 5.82 Å². The van der Waals surface area contributed by atoms with Gasteiger partial charge in [-0.15, -0.1) is 0 Å². The molecular weight excluding hydrogens is 471 g/mol. The van der Waals surface area contributed by atoms with E-state index in [-0.39, 0.29) is 18.0 Å². The van der Waals surface area contributed by atoms with Crippen LogP contribution in [0.3, 0.4) is 0 Å². The number of likely N-dealkylation sites (tertiary alicyclic amines) is 1. The number of carbonyl (C=O) groups is 1. The number of imidazole rings is 1. The van der Waals surface area contributed by atoms with Gasteiger partial charge in [0.05, 0.1) is 17.8 Å². The van der Waals surface area contributed by atoms with Crippen LogP contribution in [-0.4, -0.2) is 62.3 Å². The van der Waals surface area contributed by atoms with E-state index >= 15 is 4.39 Å². The molecule has 7 rings (SSSR count). The van der Waals surface area contributed by atoms with Crippen molar-refractivity contribution in [2.45, 2.75) is 50.9 Å². The van der Waals surface area contributed by atoms with E-state index in [2.05, 4.69) is 15.6 Å². The molecule has 9 heteroatoms. The number of ether oxygens (including phenoxy) is 1. The zero-order valence-corrected chi connectivity index (χ0v) is 20.9. The summed E-state index contributed by atoms with van der Waals surface area (Å²) in [5.41, 5.74) is 9.33. The molecule has 2 unspecified atom stereocenters. The first kappa shape index (κ1) is 22.9. The minimum Gasteiger partial charge on any atom is -0.383 e. The van der Waals surface area contributed by atoms with Crippen molar-refractivity contribution >= 4 is 28.0 Å². The minimum absolute atomic E-state index is 0.0133. The maximum Gasteiger partial charge on any atom is 0.254 e. The predicted octanol–water partition coefficient (Wildman–Crippen LogP) is 3.81. The van der Waals surface area contributed by atoms with Crippen LogP contribution >= 0.6 is 0 Å². The molecule has 2 N–H and O–H groups in total. The fraction of sp³-hybridized carbons (Fsp3) is 0.464. The summed E-state index contributed by atoms with van der Waals surface area (Å²) in [7, 11) is 1.63. The van der Waals surface area contributed by atoms with Gasteiger partial charge in [-0.05, 0) is 67.9 Å². The summed E-state index contributed by atoms with van der Waals surface area (Å²) in [6.07, 6.45) is 6.18. The lowest BCUT2D eigenvalue weighted by Crippen LogP contribution is -2.41. The molecule has 37 heavy (non-hydrogen) atoms. The average Bonchev–Trinajstić information content (AvgIpc) is 3.25. The quantitative estimate of drug-likeness (QED) is 0.415. The molecule has 0 spiro atoms. The van der Waals surface area contributed by atoms with E-state index in [1.54, 1.807) is 19.4 Å². The molecule has 4 aromatic rings. The highest BCUT2D eigenvalue weighted by atomic mass is 19.1. The number of benzene rings is 1. The summed E-state index contributed by atoms with van der Waals surface area (Å²) in [4.78, 5) is 24.9. The lowest BCUT2D eigenvalue weighted by Gasteiger charge is -2.27. The number of carbonyl (C=O) groups excluding carboxylic acids is 1. The maximum atomic E-state index is 15.8. The monoisotopic (exact) mass is 502 g/mol. The number of fused-ring (bicyclic) bond motifs is 4. The number of pyridine rings is 1. The number of halogens is 1. The summed E-state index contributed by atoms with van der Waals surface area (Å²) in [5.74, 6) is 1.01. The molecule has 1 aromatic carbocycles. The summed E-state index contributed by atoms with van der Waals surface area (Å²) in [6, 6.07) is 9.20. The van der Waals surface area contributed by atoms with Crippen molar-refractivity contribution in [2.24, 2.45) is 17.6 Å². The first-order chi connectivity index (χ1) is 18.0. The van der Waals surface area contributed by atoms with Crippen LogP contribution in [0, 0.1) is 17.7 Å². The van der Waals surface area contributed by atoms with Crippen LogP contribution in [0.15, 0.2) is 36.5 Å². The van der Waals surface area contributed by atoms with Crippen LogP contribution in [-0.2, 0) is 17.8 Å². The van der Waals surface area contributed by atoms with E-state index in [0.29, 0.717) is 54.0 Å². The van der Waals surface area contributed by atoms with Crippen molar-refractivity contribution < 1.29 is 13.9 Å². The number of nitrogens with zero attached hydrogens (tertiary/aromatic N) is 5. The first-order valence-electron chi connectivity index (χ1n) is 13.2. The molecule has 2 saturated carbocycles.